The van der Waals surface area contributed by atoms with Gasteiger partial charge in [-0.2, -0.15) is 5.26 Å². The maximum Gasteiger partial charge on any atom is 0.233 e. The number of thioether (sulfide) groups is 1. The van der Waals surface area contributed by atoms with E-state index >= 15 is 4.39 Å². The number of halogens is 2. The Balaban J connectivity index is 1.75. The molecule has 4 rings (SSSR count). The number of terminal acetylenes is 1. The van der Waals surface area contributed by atoms with Crippen molar-refractivity contribution in [3.8, 4) is 24.3 Å². The molecule has 1 aromatic carbocycles. The molecule has 0 bridgehead atoms. The van der Waals surface area contributed by atoms with Crippen molar-refractivity contribution in [2.75, 3.05) is 18.6 Å². The van der Waals surface area contributed by atoms with E-state index in [1.807, 2.05) is 6.92 Å². The van der Waals surface area contributed by atoms with Crippen LogP contribution in [0.4, 0.5) is 20.3 Å². The molecule has 11 heteroatoms. The van der Waals surface area contributed by atoms with Gasteiger partial charge in [0.1, 0.15) is 23.5 Å². The Morgan fingerprint density at radius 2 is 2.14 bits per heavy atom. The van der Waals surface area contributed by atoms with E-state index in [0.29, 0.717) is 22.5 Å². The van der Waals surface area contributed by atoms with E-state index in [2.05, 4.69) is 37.3 Å². The van der Waals surface area contributed by atoms with Crippen molar-refractivity contribution in [2.24, 2.45) is 16.6 Å². The molecule has 3 heterocycles. The lowest BCUT2D eigenvalue weighted by molar-refractivity contribution is 0.184. The second-order valence-corrected chi connectivity index (χ2v) is 10.1. The molecule has 36 heavy (non-hydrogen) atoms. The number of benzene rings is 1. The number of ether oxygens (including phenoxy) is 1. The summed E-state index contributed by atoms with van der Waals surface area (Å²) in [7, 11) is 0. The van der Waals surface area contributed by atoms with Gasteiger partial charge in [0.05, 0.1) is 24.2 Å². The third kappa shape index (κ3) is 4.50. The molecule has 0 saturated heterocycles. The minimum atomic E-state index is -1.60. The molecule has 0 aliphatic carbocycles. The van der Waals surface area contributed by atoms with Crippen LogP contribution in [0.15, 0.2) is 41.7 Å². The van der Waals surface area contributed by atoms with Crippen LogP contribution >= 0.6 is 11.8 Å². The van der Waals surface area contributed by atoms with Gasteiger partial charge in [-0.25, -0.2) is 28.7 Å². The first kappa shape index (κ1) is 25.1. The lowest BCUT2D eigenvalue weighted by Gasteiger charge is -2.47. The number of nitrogens with two attached hydrogens (primary N) is 1. The Morgan fingerprint density at radius 1 is 1.33 bits per heavy atom. The molecule has 3 atom stereocenters. The van der Waals surface area contributed by atoms with Crippen LogP contribution in [0.5, 0.6) is 5.88 Å². The van der Waals surface area contributed by atoms with E-state index in [0.717, 1.165) is 0 Å². The summed E-state index contributed by atoms with van der Waals surface area (Å²) in [5.74, 6) is 1.82. The van der Waals surface area contributed by atoms with E-state index in [4.69, 9.17) is 16.9 Å². The number of nitriles is 1. The van der Waals surface area contributed by atoms with Crippen LogP contribution in [0, 0.1) is 35.4 Å². The SMILES string of the molecule is C#CCOc1cnc2c(Nc3ccc(F)c([C@@]4(CF)N=C(N)S[C@](C)(CC#N)[C@H]4C)c3)nccc2n1. The molecular weight excluding hydrogens is 484 g/mol. The number of aliphatic imine (C=N–C) groups is 1. The Bertz CT molecular complexity index is 1420. The van der Waals surface area contributed by atoms with Crippen molar-refractivity contribution in [3.05, 3.63) is 48.0 Å². The molecule has 184 valence electrons. The standard InChI is InChI=1S/C25H23F2N7OS/c1-4-11-35-20-13-31-21-19(33-20)7-10-30-22(21)32-16-5-6-18(27)17(12-16)25(14-26)15(2)24(3,8-9-28)36-23(29)34-25/h1,5-7,10,12-13,15H,8,11,14H2,2-3H3,(H2,29,34)(H,30,32)/t15-,24-,25+/m1/s1. The van der Waals surface area contributed by atoms with Crippen LogP contribution < -0.4 is 15.8 Å². The smallest absolute Gasteiger partial charge is 0.233 e. The molecule has 1 aliphatic heterocycles. The summed E-state index contributed by atoms with van der Waals surface area (Å²) in [5.41, 5.74) is 5.89. The lowest BCUT2D eigenvalue weighted by Crippen LogP contribution is -2.51. The molecule has 8 nitrogen and oxygen atoms in total. The molecule has 2 aromatic heterocycles. The van der Waals surface area contributed by atoms with Gasteiger partial charge in [0.15, 0.2) is 17.6 Å². The summed E-state index contributed by atoms with van der Waals surface area (Å²) in [6.07, 6.45) is 8.28. The third-order valence-electron chi connectivity index (χ3n) is 6.35. The van der Waals surface area contributed by atoms with E-state index in [1.54, 1.807) is 13.0 Å². The molecule has 3 N–H and O–H groups in total. The molecule has 1 aliphatic rings. The fourth-order valence-electron chi connectivity index (χ4n) is 4.28. The highest BCUT2D eigenvalue weighted by Crippen LogP contribution is 2.52. The first-order valence-electron chi connectivity index (χ1n) is 11.0. The van der Waals surface area contributed by atoms with Crippen LogP contribution in [-0.2, 0) is 5.54 Å². The van der Waals surface area contributed by atoms with Crippen molar-refractivity contribution in [1.82, 2.24) is 15.0 Å². The summed E-state index contributed by atoms with van der Waals surface area (Å²) in [5, 5.41) is 12.6. The van der Waals surface area contributed by atoms with Crippen LogP contribution in [0.3, 0.4) is 0 Å². The second-order valence-electron chi connectivity index (χ2n) is 8.53. The van der Waals surface area contributed by atoms with Crippen LogP contribution in [-0.4, -0.2) is 38.1 Å². The molecule has 0 unspecified atom stereocenters. The van der Waals surface area contributed by atoms with Crippen LogP contribution in [0.2, 0.25) is 0 Å². The van der Waals surface area contributed by atoms with Gasteiger partial charge in [-0.15, -0.1) is 6.42 Å². The maximum absolute atomic E-state index is 15.2. The Morgan fingerprint density at radius 3 is 2.86 bits per heavy atom. The number of hydrogen-bond donors (Lipinski definition) is 2. The molecular formula is C25H23F2N7OS. The van der Waals surface area contributed by atoms with Crippen LogP contribution in [0.1, 0.15) is 25.8 Å². The van der Waals surface area contributed by atoms with Gasteiger partial charge < -0.3 is 15.8 Å². The maximum atomic E-state index is 15.2. The number of hydrogen-bond acceptors (Lipinski definition) is 9. The highest BCUT2D eigenvalue weighted by atomic mass is 32.2. The minimum absolute atomic E-state index is 0.0335. The fraction of sp³-hybridized carbons (Fsp3) is 0.320. The number of nitrogens with zero attached hydrogens (tertiary/aromatic N) is 5. The number of pyridine rings is 1. The topological polar surface area (TPSA) is 122 Å². The Hall–Kier alpha value is -3.96. The number of rotatable bonds is 7. The predicted molar refractivity (Wildman–Crippen MR) is 136 cm³/mol. The lowest BCUT2D eigenvalue weighted by atomic mass is 9.72. The number of amidine groups is 1. The Labute approximate surface area is 211 Å². The van der Waals surface area contributed by atoms with Gasteiger partial charge in [-0.3, -0.25) is 0 Å². The van der Waals surface area contributed by atoms with Crippen molar-refractivity contribution < 1.29 is 13.5 Å². The molecule has 0 spiro atoms. The zero-order chi connectivity index (χ0) is 25.9. The Kier molecular flexibility index (Phi) is 6.95. The highest BCUT2D eigenvalue weighted by molar-refractivity contribution is 8.15. The summed E-state index contributed by atoms with van der Waals surface area (Å²) in [6.45, 7) is 2.65. The van der Waals surface area contributed by atoms with E-state index in [-0.39, 0.29) is 29.6 Å². The van der Waals surface area contributed by atoms with E-state index < -0.39 is 28.7 Å². The summed E-state index contributed by atoms with van der Waals surface area (Å²) in [4.78, 5) is 17.5. The quantitative estimate of drug-likeness (QED) is 0.450. The zero-order valence-electron chi connectivity index (χ0n) is 19.6. The van der Waals surface area contributed by atoms with Crippen molar-refractivity contribution in [1.29, 1.82) is 5.26 Å². The fourth-order valence-corrected chi connectivity index (χ4v) is 5.48. The van der Waals surface area contributed by atoms with Gasteiger partial charge in [0, 0.05) is 28.1 Å². The first-order valence-corrected chi connectivity index (χ1v) is 11.8. The van der Waals surface area contributed by atoms with Gasteiger partial charge >= 0.3 is 0 Å². The minimum Gasteiger partial charge on any atom is -0.463 e. The normalized spacial score (nSPS) is 23.4. The van der Waals surface area contributed by atoms with Gasteiger partial charge in [-0.1, -0.05) is 24.6 Å². The molecule has 0 amide bonds. The van der Waals surface area contributed by atoms with Gasteiger partial charge in [-0.05, 0) is 31.2 Å². The molecule has 0 fully saturated rings. The summed E-state index contributed by atoms with van der Waals surface area (Å²) < 4.78 is 34.6. The largest absolute Gasteiger partial charge is 0.463 e. The zero-order valence-corrected chi connectivity index (χ0v) is 20.4. The number of aromatic nitrogens is 3. The average molecular weight is 508 g/mol. The molecule has 0 radical (unpaired) electrons. The second kappa shape index (κ2) is 9.96. The highest BCUT2D eigenvalue weighted by Gasteiger charge is 2.53. The van der Waals surface area contributed by atoms with Gasteiger partial charge in [0.25, 0.3) is 0 Å². The van der Waals surface area contributed by atoms with Gasteiger partial charge in [0.2, 0.25) is 5.88 Å². The third-order valence-corrected chi connectivity index (χ3v) is 7.61. The summed E-state index contributed by atoms with van der Waals surface area (Å²) >= 11 is 1.21. The van der Waals surface area contributed by atoms with Crippen LogP contribution in [0.25, 0.3) is 11.0 Å². The molecule has 3 aromatic rings. The number of alkyl halides is 1. The first-order chi connectivity index (χ1) is 17.3. The van der Waals surface area contributed by atoms with Crippen molar-refractivity contribution >= 4 is 39.5 Å². The average Bonchev–Trinajstić information content (AvgIpc) is 2.86. The predicted octanol–water partition coefficient (Wildman–Crippen LogP) is 4.45. The monoisotopic (exact) mass is 507 g/mol. The number of anilines is 2. The van der Waals surface area contributed by atoms with E-state index in [9.17, 15) is 9.65 Å². The summed E-state index contributed by atoms with van der Waals surface area (Å²) in [6, 6.07) is 8.03. The number of fused-ring (bicyclic) bond motifs is 1. The molecule has 0 saturated carbocycles. The number of nitrogens with one attached hydrogen (secondary N) is 1. The van der Waals surface area contributed by atoms with Crippen molar-refractivity contribution in [2.45, 2.75) is 30.6 Å². The van der Waals surface area contributed by atoms with E-state index in [1.165, 1.54) is 42.4 Å². The van der Waals surface area contributed by atoms with Crippen molar-refractivity contribution in [3.63, 3.8) is 0 Å².